The maximum absolute atomic E-state index is 12.3. The van der Waals surface area contributed by atoms with Crippen molar-refractivity contribution in [3.63, 3.8) is 0 Å². The van der Waals surface area contributed by atoms with Gasteiger partial charge in [0, 0.05) is 11.3 Å². The Morgan fingerprint density at radius 3 is 2.47 bits per heavy atom. The van der Waals surface area contributed by atoms with E-state index in [1.54, 1.807) is 19.9 Å². The van der Waals surface area contributed by atoms with Crippen LogP contribution in [0.2, 0.25) is 0 Å². The summed E-state index contributed by atoms with van der Waals surface area (Å²) < 4.78 is 0. The van der Waals surface area contributed by atoms with Gasteiger partial charge in [0.25, 0.3) is 0 Å². The van der Waals surface area contributed by atoms with E-state index in [-0.39, 0.29) is 18.0 Å². The molecule has 0 aromatic heterocycles. The van der Waals surface area contributed by atoms with Crippen LogP contribution in [0.15, 0.2) is 23.8 Å². The van der Waals surface area contributed by atoms with E-state index in [9.17, 15) is 19.8 Å². The molecule has 3 aliphatic carbocycles. The summed E-state index contributed by atoms with van der Waals surface area (Å²) >= 11 is 0. The summed E-state index contributed by atoms with van der Waals surface area (Å²) in [6.45, 7) is 5.23. The maximum Gasteiger partial charge on any atom is 0.187 e. The van der Waals surface area contributed by atoms with Crippen molar-refractivity contribution < 1.29 is 19.8 Å². The van der Waals surface area contributed by atoms with Crippen LogP contribution >= 0.6 is 0 Å². The molecule has 0 amide bonds. The Morgan fingerprint density at radius 1 is 1.21 bits per heavy atom. The van der Waals surface area contributed by atoms with Crippen LogP contribution in [0.3, 0.4) is 0 Å². The molecule has 19 heavy (non-hydrogen) atoms. The fraction of sp³-hybridized carbons (Fsp3) is 0.600. The second-order valence-electron chi connectivity index (χ2n) is 6.53. The van der Waals surface area contributed by atoms with Crippen LogP contribution in [0.1, 0.15) is 27.2 Å². The molecule has 0 saturated heterocycles. The molecule has 102 valence electrons. The predicted octanol–water partition coefficient (Wildman–Crippen LogP) is 0.779. The number of hydrogen-bond donors (Lipinski definition) is 2. The van der Waals surface area contributed by atoms with Crippen LogP contribution in [0.25, 0.3) is 0 Å². The lowest BCUT2D eigenvalue weighted by Crippen LogP contribution is -2.70. The Hall–Kier alpha value is -1.26. The summed E-state index contributed by atoms with van der Waals surface area (Å²) in [6, 6.07) is 0. The van der Waals surface area contributed by atoms with Crippen LogP contribution in [0.4, 0.5) is 0 Å². The second-order valence-corrected chi connectivity index (χ2v) is 6.53. The van der Waals surface area contributed by atoms with Crippen LogP contribution in [0.5, 0.6) is 0 Å². The van der Waals surface area contributed by atoms with Crippen molar-refractivity contribution in [2.45, 2.75) is 38.9 Å². The van der Waals surface area contributed by atoms with Crippen molar-refractivity contribution in [1.29, 1.82) is 0 Å². The maximum atomic E-state index is 12.3. The molecule has 0 spiro atoms. The second kappa shape index (κ2) is 3.25. The summed E-state index contributed by atoms with van der Waals surface area (Å²) in [5.41, 5.74) is -2.52. The van der Waals surface area contributed by atoms with Crippen molar-refractivity contribution in [1.82, 2.24) is 0 Å². The van der Waals surface area contributed by atoms with E-state index < -0.39 is 28.5 Å². The first-order valence-electron chi connectivity index (χ1n) is 6.57. The number of aliphatic hydroxyl groups is 2. The van der Waals surface area contributed by atoms with Gasteiger partial charge in [0.05, 0.1) is 11.5 Å². The molecule has 0 heterocycles. The molecule has 1 saturated carbocycles. The van der Waals surface area contributed by atoms with Crippen LogP contribution < -0.4 is 0 Å². The first-order chi connectivity index (χ1) is 8.68. The van der Waals surface area contributed by atoms with Gasteiger partial charge in [0.2, 0.25) is 0 Å². The number of rotatable bonds is 0. The van der Waals surface area contributed by atoms with E-state index in [0.29, 0.717) is 0 Å². The monoisotopic (exact) mass is 262 g/mol. The first-order valence-corrected chi connectivity index (χ1v) is 6.57. The van der Waals surface area contributed by atoms with Crippen molar-refractivity contribution in [3.05, 3.63) is 23.8 Å². The van der Waals surface area contributed by atoms with Gasteiger partial charge in [-0.1, -0.05) is 19.9 Å². The van der Waals surface area contributed by atoms with Gasteiger partial charge in [-0.15, -0.1) is 0 Å². The summed E-state index contributed by atoms with van der Waals surface area (Å²) in [5.74, 6) is -1.17. The van der Waals surface area contributed by atoms with E-state index in [1.165, 1.54) is 12.2 Å². The number of aliphatic hydroxyl groups excluding tert-OH is 1. The lowest BCUT2D eigenvalue weighted by molar-refractivity contribution is -0.202. The molecule has 0 aromatic carbocycles. The van der Waals surface area contributed by atoms with Gasteiger partial charge in [-0.2, -0.15) is 0 Å². The molecule has 4 heteroatoms. The number of hydrogen-bond acceptors (Lipinski definition) is 4. The fourth-order valence-corrected chi connectivity index (χ4v) is 4.10. The van der Waals surface area contributed by atoms with E-state index >= 15 is 0 Å². The zero-order valence-corrected chi connectivity index (χ0v) is 11.3. The zero-order valence-electron chi connectivity index (χ0n) is 11.3. The van der Waals surface area contributed by atoms with Gasteiger partial charge in [-0.3, -0.25) is 9.59 Å². The van der Waals surface area contributed by atoms with Gasteiger partial charge in [0.15, 0.2) is 11.6 Å². The molecule has 0 aliphatic heterocycles. The standard InChI is InChI=1S/C15H18O4/c1-8-12(18)14(3)10(16)5-4-9-6-11(17)15(8,19)7-13(9,14)2/h4-6,8,12,18-19H,7H2,1-3H3/t8?,12?,13-,14-,15+/m0/s1. The topological polar surface area (TPSA) is 74.6 Å². The highest BCUT2D eigenvalue weighted by Gasteiger charge is 2.69. The minimum Gasteiger partial charge on any atom is -0.392 e. The minimum absolute atomic E-state index is 0.136. The molecule has 2 bridgehead atoms. The van der Waals surface area contributed by atoms with Crippen molar-refractivity contribution >= 4 is 11.6 Å². The highest BCUT2D eigenvalue weighted by molar-refractivity contribution is 6.05. The van der Waals surface area contributed by atoms with Gasteiger partial charge in [-0.25, -0.2) is 0 Å². The van der Waals surface area contributed by atoms with E-state index in [0.717, 1.165) is 5.57 Å². The van der Waals surface area contributed by atoms with Gasteiger partial charge in [-0.05, 0) is 31.1 Å². The molecule has 3 aliphatic rings. The third-order valence-electron chi connectivity index (χ3n) is 5.86. The summed E-state index contributed by atoms with van der Waals surface area (Å²) in [5, 5.41) is 21.2. The first kappa shape index (κ1) is 12.8. The lowest BCUT2D eigenvalue weighted by atomic mass is 9.42. The van der Waals surface area contributed by atoms with Crippen molar-refractivity contribution in [3.8, 4) is 0 Å². The van der Waals surface area contributed by atoms with Gasteiger partial charge >= 0.3 is 0 Å². The number of ketones is 2. The largest absolute Gasteiger partial charge is 0.392 e. The molecule has 2 unspecified atom stereocenters. The third-order valence-corrected chi connectivity index (χ3v) is 5.86. The molecule has 1 fully saturated rings. The third kappa shape index (κ3) is 1.13. The Balaban J connectivity index is 2.35. The smallest absolute Gasteiger partial charge is 0.187 e. The molecule has 0 aromatic rings. The van der Waals surface area contributed by atoms with E-state index in [1.807, 2.05) is 6.92 Å². The van der Waals surface area contributed by atoms with Crippen LogP contribution in [-0.2, 0) is 9.59 Å². The Kier molecular flexibility index (Phi) is 2.18. The van der Waals surface area contributed by atoms with Gasteiger partial charge in [0.1, 0.15) is 5.60 Å². The highest BCUT2D eigenvalue weighted by atomic mass is 16.3. The summed E-state index contributed by atoms with van der Waals surface area (Å²) in [4.78, 5) is 24.5. The molecular weight excluding hydrogens is 244 g/mol. The normalized spacial score (nSPS) is 52.2. The summed E-state index contributed by atoms with van der Waals surface area (Å²) in [6.07, 6.45) is 3.67. The average molecular weight is 262 g/mol. The quantitative estimate of drug-likeness (QED) is 0.676. The summed E-state index contributed by atoms with van der Waals surface area (Å²) in [7, 11) is 0. The molecule has 4 nitrogen and oxygen atoms in total. The fourth-order valence-electron chi connectivity index (χ4n) is 4.10. The van der Waals surface area contributed by atoms with Crippen LogP contribution in [-0.4, -0.2) is 33.5 Å². The predicted molar refractivity (Wildman–Crippen MR) is 68.2 cm³/mol. The molecule has 2 N–H and O–H groups in total. The lowest BCUT2D eigenvalue weighted by Gasteiger charge is -2.61. The Labute approximate surface area is 111 Å². The SMILES string of the molecule is CC1C(O)[C@]2(C)C(=O)C=CC3=CC(=O)[C@@]1(O)C[C@@]32C. The number of allylic oxidation sites excluding steroid dienone is 3. The van der Waals surface area contributed by atoms with E-state index in [2.05, 4.69) is 0 Å². The molecule has 5 atom stereocenters. The number of fused-ring (bicyclic) bond motifs is 1. The molecule has 3 rings (SSSR count). The van der Waals surface area contributed by atoms with Crippen LogP contribution in [0, 0.1) is 16.7 Å². The Bertz CT molecular complexity index is 560. The highest BCUT2D eigenvalue weighted by Crippen LogP contribution is 2.63. The molecule has 0 radical (unpaired) electrons. The number of carbonyl (C=O) groups excluding carboxylic acids is 2. The zero-order chi connectivity index (χ0) is 14.2. The Morgan fingerprint density at radius 2 is 1.84 bits per heavy atom. The van der Waals surface area contributed by atoms with Crippen molar-refractivity contribution in [2.75, 3.05) is 0 Å². The van der Waals surface area contributed by atoms with Crippen molar-refractivity contribution in [2.24, 2.45) is 16.7 Å². The average Bonchev–Trinajstić information content (AvgIpc) is 2.35. The molecular formula is C15H18O4. The van der Waals surface area contributed by atoms with Gasteiger partial charge < -0.3 is 10.2 Å². The minimum atomic E-state index is -1.57. The number of carbonyl (C=O) groups is 2. The van der Waals surface area contributed by atoms with E-state index in [4.69, 9.17) is 0 Å².